The highest BCUT2D eigenvalue weighted by molar-refractivity contribution is 7.97. The lowest BCUT2D eigenvalue weighted by Gasteiger charge is -2.14. The van der Waals surface area contributed by atoms with Crippen molar-refractivity contribution in [3.05, 3.63) is 11.8 Å². The van der Waals surface area contributed by atoms with Crippen LogP contribution in [0, 0.1) is 6.92 Å². The predicted molar refractivity (Wildman–Crippen MR) is 81.7 cm³/mol. The van der Waals surface area contributed by atoms with Gasteiger partial charge in [-0.1, -0.05) is 69.6 Å². The third-order valence-corrected chi connectivity index (χ3v) is 8.23. The zero-order chi connectivity index (χ0) is 16.9. The van der Waals surface area contributed by atoms with Crippen molar-refractivity contribution in [2.45, 2.75) is 23.4 Å². The van der Waals surface area contributed by atoms with E-state index < -0.39 is 36.1 Å². The Morgan fingerprint density at radius 1 is 0.857 bits per heavy atom. The van der Waals surface area contributed by atoms with Crippen molar-refractivity contribution >= 4 is 89.3 Å². The number of sulfone groups is 2. The van der Waals surface area contributed by atoms with Gasteiger partial charge in [-0.05, 0) is 13.0 Å². The Balaban J connectivity index is 3.67. The number of aryl methyl sites for hydroxylation is 1. The fourth-order valence-corrected chi connectivity index (χ4v) is 3.84. The van der Waals surface area contributed by atoms with Crippen molar-refractivity contribution in [1.29, 1.82) is 0 Å². The van der Waals surface area contributed by atoms with Gasteiger partial charge < -0.3 is 0 Å². The highest BCUT2D eigenvalue weighted by Crippen LogP contribution is 2.39. The van der Waals surface area contributed by atoms with E-state index in [2.05, 4.69) is 9.97 Å². The zero-order valence-corrected chi connectivity index (χ0v) is 15.9. The summed E-state index contributed by atoms with van der Waals surface area (Å²) in [6.07, 6.45) is 0. The van der Waals surface area contributed by atoms with Gasteiger partial charge in [0.25, 0.3) is 21.2 Å². The summed E-state index contributed by atoms with van der Waals surface area (Å²) in [5, 5.41) is -1.85. The van der Waals surface area contributed by atoms with Crippen LogP contribution in [0.2, 0.25) is 0 Å². The van der Waals surface area contributed by atoms with Gasteiger partial charge in [0.1, 0.15) is 0 Å². The molecule has 0 spiro atoms. The first kappa shape index (κ1) is 19.8. The van der Waals surface area contributed by atoms with E-state index in [1.807, 2.05) is 0 Å². The molecule has 1 heterocycles. The highest BCUT2D eigenvalue weighted by atomic mass is 35.6. The average molecular weight is 457 g/mol. The first-order chi connectivity index (χ1) is 9.10. The second kappa shape index (κ2) is 5.98. The van der Waals surface area contributed by atoms with Crippen LogP contribution >= 0.6 is 69.6 Å². The number of hydrogen-bond acceptors (Lipinski definition) is 6. The minimum Gasteiger partial charge on any atom is -0.223 e. The quantitative estimate of drug-likeness (QED) is 0.385. The van der Waals surface area contributed by atoms with Crippen molar-refractivity contribution in [1.82, 2.24) is 9.97 Å². The van der Waals surface area contributed by atoms with E-state index >= 15 is 0 Å². The first-order valence-corrected chi connectivity index (χ1v) is 9.82. The molecule has 0 atom stereocenters. The molecule has 0 saturated carbocycles. The van der Waals surface area contributed by atoms with Gasteiger partial charge >= 0.3 is 0 Å². The number of halogens is 6. The van der Waals surface area contributed by atoms with E-state index in [9.17, 15) is 16.8 Å². The second-order valence-corrected chi connectivity index (χ2v) is 13.5. The van der Waals surface area contributed by atoms with Crippen LogP contribution < -0.4 is 0 Å². The maximum Gasteiger partial charge on any atom is 0.300 e. The normalized spacial score (nSPS) is 14.2. The lowest BCUT2D eigenvalue weighted by Crippen LogP contribution is -2.26. The van der Waals surface area contributed by atoms with E-state index in [-0.39, 0.29) is 5.69 Å². The molecule has 1 rings (SSSR count). The van der Waals surface area contributed by atoms with Crippen molar-refractivity contribution in [3.8, 4) is 0 Å². The fraction of sp³-hybridized carbons (Fsp3) is 0.429. The molecule has 21 heavy (non-hydrogen) atoms. The van der Waals surface area contributed by atoms with E-state index in [1.54, 1.807) is 0 Å². The average Bonchev–Trinajstić information content (AvgIpc) is 2.24. The third kappa shape index (κ3) is 3.98. The van der Waals surface area contributed by atoms with Gasteiger partial charge in [0.2, 0.25) is 9.84 Å². The van der Waals surface area contributed by atoms with Gasteiger partial charge in [0, 0.05) is 5.69 Å². The third-order valence-electron chi connectivity index (χ3n) is 1.94. The van der Waals surface area contributed by atoms with Crippen LogP contribution in [0.4, 0.5) is 0 Å². The molecule has 0 aliphatic heterocycles. The zero-order valence-electron chi connectivity index (χ0n) is 9.69. The molecular formula is C7H4Cl6N2O4S2. The van der Waals surface area contributed by atoms with Crippen LogP contribution in [0.1, 0.15) is 5.69 Å². The monoisotopic (exact) mass is 454 g/mol. The molecule has 0 amide bonds. The van der Waals surface area contributed by atoms with Crippen LogP contribution in [0.3, 0.4) is 0 Å². The minimum atomic E-state index is -4.65. The molecule has 0 aromatic carbocycles. The summed E-state index contributed by atoms with van der Waals surface area (Å²) < 4.78 is 42.2. The number of rotatable bonds is 2. The molecule has 1 aromatic rings. The Bertz CT molecular complexity index is 703. The molecule has 0 unspecified atom stereocenters. The van der Waals surface area contributed by atoms with Crippen molar-refractivity contribution < 1.29 is 16.8 Å². The van der Waals surface area contributed by atoms with Gasteiger partial charge in [-0.3, -0.25) is 0 Å². The summed E-state index contributed by atoms with van der Waals surface area (Å²) in [5.41, 5.74) is -0.0503. The number of hydrogen-bond donors (Lipinski definition) is 0. The predicted octanol–water partition coefficient (Wildman–Crippen LogP) is 2.99. The van der Waals surface area contributed by atoms with E-state index in [4.69, 9.17) is 69.6 Å². The SMILES string of the molecule is Cc1cc(S(=O)(=O)C(Cl)(Cl)Cl)nc(S(=O)(=O)C(Cl)(Cl)Cl)n1. The Hall–Kier alpha value is 0.720. The molecule has 0 N–H and O–H groups in total. The topological polar surface area (TPSA) is 94.1 Å². The number of aromatic nitrogens is 2. The summed E-state index contributed by atoms with van der Waals surface area (Å²) in [4.78, 5) is 6.84. The van der Waals surface area contributed by atoms with E-state index in [0.717, 1.165) is 6.07 Å². The molecular weight excluding hydrogens is 453 g/mol. The minimum absolute atomic E-state index is 0.0503. The summed E-state index contributed by atoms with van der Waals surface area (Å²) in [6, 6.07) is 0.911. The summed E-state index contributed by atoms with van der Waals surface area (Å²) in [7, 11) is -9.22. The molecule has 0 aliphatic rings. The largest absolute Gasteiger partial charge is 0.300 e. The van der Waals surface area contributed by atoms with Gasteiger partial charge in [-0.2, -0.15) is 0 Å². The standard InChI is InChI=1S/C7H4Cl6N2O4S2/c1-3-2-4(20(16,17)6(8,9)10)15-5(14-3)21(18,19)7(11,12)13/h2H,1H3. The van der Waals surface area contributed by atoms with Crippen LogP contribution in [0.15, 0.2) is 16.2 Å². The van der Waals surface area contributed by atoms with Crippen molar-refractivity contribution in [3.63, 3.8) is 0 Å². The van der Waals surface area contributed by atoms with E-state index in [1.165, 1.54) is 6.92 Å². The Labute approximate surface area is 150 Å². The van der Waals surface area contributed by atoms with Crippen molar-refractivity contribution in [2.75, 3.05) is 0 Å². The molecule has 120 valence electrons. The molecule has 1 aromatic heterocycles. The van der Waals surface area contributed by atoms with Gasteiger partial charge in [0.15, 0.2) is 5.03 Å². The van der Waals surface area contributed by atoms with Crippen LogP contribution in [-0.4, -0.2) is 33.1 Å². The smallest absolute Gasteiger partial charge is 0.223 e. The fourth-order valence-electron chi connectivity index (χ4n) is 0.993. The molecule has 14 heteroatoms. The van der Waals surface area contributed by atoms with E-state index in [0.29, 0.717) is 0 Å². The molecule has 0 aliphatic carbocycles. The van der Waals surface area contributed by atoms with Gasteiger partial charge in [-0.15, -0.1) is 0 Å². The molecule has 0 fully saturated rings. The summed E-state index contributed by atoms with van der Waals surface area (Å²) in [6.45, 7) is 1.29. The maximum atomic E-state index is 12.0. The molecule has 0 saturated heterocycles. The Morgan fingerprint density at radius 2 is 1.29 bits per heavy atom. The van der Waals surface area contributed by atoms with Crippen LogP contribution in [0.25, 0.3) is 0 Å². The van der Waals surface area contributed by atoms with Crippen molar-refractivity contribution in [2.24, 2.45) is 0 Å². The molecule has 6 nitrogen and oxygen atoms in total. The van der Waals surface area contributed by atoms with Gasteiger partial charge in [-0.25, -0.2) is 26.8 Å². The lowest BCUT2D eigenvalue weighted by atomic mass is 10.5. The first-order valence-electron chi connectivity index (χ1n) is 4.59. The number of alkyl halides is 6. The van der Waals surface area contributed by atoms with Crippen LogP contribution in [-0.2, 0) is 19.7 Å². The van der Waals surface area contributed by atoms with Crippen LogP contribution in [0.5, 0.6) is 0 Å². The highest BCUT2D eigenvalue weighted by Gasteiger charge is 2.45. The summed E-state index contributed by atoms with van der Waals surface area (Å²) >= 11 is 31.9. The second-order valence-electron chi connectivity index (χ2n) is 3.53. The Kier molecular flexibility index (Phi) is 5.62. The molecule has 0 radical (unpaired) electrons. The maximum absolute atomic E-state index is 12.0. The summed E-state index contributed by atoms with van der Waals surface area (Å²) in [5.74, 6) is 0. The lowest BCUT2D eigenvalue weighted by molar-refractivity contribution is 0.577. The van der Waals surface area contributed by atoms with Gasteiger partial charge in [0.05, 0.1) is 0 Å². The number of nitrogens with zero attached hydrogens (tertiary/aromatic N) is 2. The Morgan fingerprint density at radius 3 is 1.67 bits per heavy atom. The molecule has 0 bridgehead atoms.